The van der Waals surface area contributed by atoms with Crippen molar-refractivity contribution in [3.05, 3.63) is 35.9 Å². The molecule has 1 N–H and O–H groups in total. The van der Waals surface area contributed by atoms with Gasteiger partial charge in [0.25, 0.3) is 0 Å². The Bertz CT molecular complexity index is 322. The van der Waals surface area contributed by atoms with Gasteiger partial charge in [-0.1, -0.05) is 30.3 Å². The Hall–Kier alpha value is -1.19. The number of ketones is 1. The van der Waals surface area contributed by atoms with E-state index in [1.807, 2.05) is 42.3 Å². The number of carbonyl (C=O) groups is 1. The summed E-state index contributed by atoms with van der Waals surface area (Å²) in [6, 6.07) is 9.30. The Balaban J connectivity index is 2.36. The summed E-state index contributed by atoms with van der Waals surface area (Å²) in [7, 11) is 1.91. The van der Waals surface area contributed by atoms with Crippen LogP contribution in [-0.2, 0) is 0 Å². The van der Waals surface area contributed by atoms with Crippen LogP contribution in [0, 0.1) is 0 Å². The van der Waals surface area contributed by atoms with Crippen LogP contribution >= 0.6 is 0 Å². The molecule has 1 aromatic rings. The lowest BCUT2D eigenvalue weighted by Gasteiger charge is -2.17. The summed E-state index contributed by atoms with van der Waals surface area (Å²) in [5.74, 6) is 0.151. The van der Waals surface area contributed by atoms with Gasteiger partial charge in [0.2, 0.25) is 0 Å². The van der Waals surface area contributed by atoms with Gasteiger partial charge in [-0.2, -0.15) is 0 Å². The van der Waals surface area contributed by atoms with Crippen molar-refractivity contribution in [2.75, 3.05) is 20.1 Å². The molecule has 0 amide bonds. The van der Waals surface area contributed by atoms with Gasteiger partial charge < -0.3 is 10.0 Å². The van der Waals surface area contributed by atoms with Crippen molar-refractivity contribution in [1.82, 2.24) is 4.90 Å². The van der Waals surface area contributed by atoms with Gasteiger partial charge in [0, 0.05) is 25.1 Å². The van der Waals surface area contributed by atoms with Crippen LogP contribution in [0.1, 0.15) is 23.7 Å². The maximum Gasteiger partial charge on any atom is 0.164 e. The third kappa shape index (κ3) is 4.55. The van der Waals surface area contributed by atoms with Crippen LogP contribution in [-0.4, -0.2) is 42.0 Å². The van der Waals surface area contributed by atoms with E-state index >= 15 is 0 Å². The zero-order valence-electron chi connectivity index (χ0n) is 9.89. The van der Waals surface area contributed by atoms with Crippen LogP contribution in [0.4, 0.5) is 0 Å². The molecular formula is C13H19NO2. The number of hydrogen-bond acceptors (Lipinski definition) is 3. The molecule has 0 spiro atoms. The summed E-state index contributed by atoms with van der Waals surface area (Å²) < 4.78 is 0. The first-order valence-electron chi connectivity index (χ1n) is 5.54. The summed E-state index contributed by atoms with van der Waals surface area (Å²) in [6.07, 6.45) is 0.143. The highest BCUT2D eigenvalue weighted by atomic mass is 16.3. The van der Waals surface area contributed by atoms with E-state index in [9.17, 15) is 9.90 Å². The highest BCUT2D eigenvalue weighted by Crippen LogP contribution is 2.03. The minimum absolute atomic E-state index is 0.151. The number of aliphatic hydroxyl groups is 1. The number of hydrogen-bond donors (Lipinski definition) is 1. The summed E-state index contributed by atoms with van der Waals surface area (Å²) in [4.78, 5) is 13.7. The highest BCUT2D eigenvalue weighted by molar-refractivity contribution is 5.96. The predicted molar refractivity (Wildman–Crippen MR) is 64.6 cm³/mol. The second-order valence-corrected chi connectivity index (χ2v) is 4.15. The largest absolute Gasteiger partial charge is 0.392 e. The van der Waals surface area contributed by atoms with Gasteiger partial charge in [-0.25, -0.2) is 0 Å². The van der Waals surface area contributed by atoms with Gasteiger partial charge in [-0.05, 0) is 14.0 Å². The Morgan fingerprint density at radius 2 is 2.00 bits per heavy atom. The van der Waals surface area contributed by atoms with Crippen LogP contribution in [0.3, 0.4) is 0 Å². The second kappa shape index (κ2) is 6.40. The number of Topliss-reactive ketones (excluding diaryl/α,β-unsaturated/α-hetero) is 1. The van der Waals surface area contributed by atoms with Gasteiger partial charge in [0.15, 0.2) is 5.78 Å². The van der Waals surface area contributed by atoms with E-state index < -0.39 is 0 Å². The maximum atomic E-state index is 11.7. The summed E-state index contributed by atoms with van der Waals surface area (Å²) in [5, 5.41) is 9.18. The first kappa shape index (κ1) is 12.9. The quantitative estimate of drug-likeness (QED) is 0.741. The summed E-state index contributed by atoms with van der Waals surface area (Å²) in [5.41, 5.74) is 0.757. The molecule has 88 valence electrons. The highest BCUT2D eigenvalue weighted by Gasteiger charge is 2.08. The monoisotopic (exact) mass is 221 g/mol. The molecule has 0 radical (unpaired) electrons. The second-order valence-electron chi connectivity index (χ2n) is 4.15. The van der Waals surface area contributed by atoms with Gasteiger partial charge in [0.1, 0.15) is 0 Å². The number of carbonyl (C=O) groups excluding carboxylic acids is 1. The average molecular weight is 221 g/mol. The molecule has 0 aliphatic carbocycles. The van der Waals surface area contributed by atoms with Crippen molar-refractivity contribution in [2.24, 2.45) is 0 Å². The SMILES string of the molecule is C[C@H](O)CN(C)CCC(=O)c1ccccc1. The Morgan fingerprint density at radius 1 is 1.38 bits per heavy atom. The van der Waals surface area contributed by atoms with E-state index in [-0.39, 0.29) is 11.9 Å². The fraction of sp³-hybridized carbons (Fsp3) is 0.462. The summed E-state index contributed by atoms with van der Waals surface area (Å²) in [6.45, 7) is 3.02. The predicted octanol–water partition coefficient (Wildman–Crippen LogP) is 1.57. The van der Waals surface area contributed by atoms with Crippen LogP contribution in [0.25, 0.3) is 0 Å². The van der Waals surface area contributed by atoms with Gasteiger partial charge >= 0.3 is 0 Å². The molecule has 1 rings (SSSR count). The molecule has 0 saturated heterocycles. The molecule has 0 heterocycles. The lowest BCUT2D eigenvalue weighted by Crippen LogP contribution is -2.29. The lowest BCUT2D eigenvalue weighted by molar-refractivity contribution is 0.0948. The van der Waals surface area contributed by atoms with Crippen molar-refractivity contribution in [2.45, 2.75) is 19.4 Å². The van der Waals surface area contributed by atoms with E-state index in [2.05, 4.69) is 0 Å². The van der Waals surface area contributed by atoms with Crippen molar-refractivity contribution < 1.29 is 9.90 Å². The standard InChI is InChI=1S/C13H19NO2/c1-11(15)10-14(2)9-8-13(16)12-6-4-3-5-7-12/h3-7,11,15H,8-10H2,1-2H3/t11-/m0/s1. The van der Waals surface area contributed by atoms with Crippen LogP contribution in [0.15, 0.2) is 30.3 Å². The van der Waals surface area contributed by atoms with Crippen molar-refractivity contribution in [1.29, 1.82) is 0 Å². The molecule has 0 saturated carbocycles. The molecule has 16 heavy (non-hydrogen) atoms. The molecule has 0 aliphatic rings. The Labute approximate surface area is 96.7 Å². The maximum absolute atomic E-state index is 11.7. The smallest absolute Gasteiger partial charge is 0.164 e. The molecule has 0 bridgehead atoms. The lowest BCUT2D eigenvalue weighted by atomic mass is 10.1. The minimum Gasteiger partial charge on any atom is -0.392 e. The number of rotatable bonds is 6. The van der Waals surface area contributed by atoms with E-state index in [0.717, 1.165) is 5.56 Å². The molecule has 3 nitrogen and oxygen atoms in total. The summed E-state index contributed by atoms with van der Waals surface area (Å²) >= 11 is 0. The molecule has 3 heteroatoms. The number of nitrogens with zero attached hydrogens (tertiary/aromatic N) is 1. The Morgan fingerprint density at radius 3 is 2.56 bits per heavy atom. The third-order valence-electron chi connectivity index (χ3n) is 2.39. The van der Waals surface area contributed by atoms with Crippen molar-refractivity contribution >= 4 is 5.78 Å². The molecule has 1 aromatic carbocycles. The number of benzene rings is 1. The van der Waals surface area contributed by atoms with Crippen molar-refractivity contribution in [3.8, 4) is 0 Å². The zero-order chi connectivity index (χ0) is 12.0. The fourth-order valence-electron chi connectivity index (χ4n) is 1.60. The van der Waals surface area contributed by atoms with Crippen LogP contribution in [0.2, 0.25) is 0 Å². The normalized spacial score (nSPS) is 12.8. The molecule has 0 unspecified atom stereocenters. The third-order valence-corrected chi connectivity index (χ3v) is 2.39. The zero-order valence-corrected chi connectivity index (χ0v) is 9.89. The van der Waals surface area contributed by atoms with E-state index in [4.69, 9.17) is 0 Å². The number of likely N-dealkylation sites (N-methyl/N-ethyl adjacent to an activating group) is 1. The minimum atomic E-state index is -0.350. The molecule has 0 aliphatic heterocycles. The first-order valence-corrected chi connectivity index (χ1v) is 5.54. The van der Waals surface area contributed by atoms with Crippen LogP contribution in [0.5, 0.6) is 0 Å². The average Bonchev–Trinajstić information content (AvgIpc) is 2.26. The Kier molecular flexibility index (Phi) is 5.15. The van der Waals surface area contributed by atoms with Gasteiger partial charge in [-0.15, -0.1) is 0 Å². The van der Waals surface area contributed by atoms with E-state index in [1.54, 1.807) is 6.92 Å². The van der Waals surface area contributed by atoms with Crippen molar-refractivity contribution in [3.63, 3.8) is 0 Å². The topological polar surface area (TPSA) is 40.5 Å². The van der Waals surface area contributed by atoms with Gasteiger partial charge in [0.05, 0.1) is 6.10 Å². The number of aliphatic hydroxyl groups excluding tert-OH is 1. The van der Waals surface area contributed by atoms with Gasteiger partial charge in [-0.3, -0.25) is 4.79 Å². The van der Waals surface area contributed by atoms with Crippen LogP contribution < -0.4 is 0 Å². The van der Waals surface area contributed by atoms with E-state index in [0.29, 0.717) is 19.5 Å². The first-order chi connectivity index (χ1) is 7.59. The molecule has 0 fully saturated rings. The fourth-order valence-corrected chi connectivity index (χ4v) is 1.60. The molecule has 1 atom stereocenters. The molecular weight excluding hydrogens is 202 g/mol. The molecule has 0 aromatic heterocycles. The van der Waals surface area contributed by atoms with E-state index in [1.165, 1.54) is 0 Å².